The quantitative estimate of drug-likeness (QED) is 0.528. The Labute approximate surface area is 193 Å². The fraction of sp³-hybridized carbons (Fsp3) is 0.308. The second kappa shape index (κ2) is 11.1. The van der Waals surface area contributed by atoms with Crippen LogP contribution in [0, 0.1) is 0 Å². The Morgan fingerprint density at radius 3 is 2.09 bits per heavy atom. The molecule has 0 saturated carbocycles. The second-order valence-corrected chi connectivity index (χ2v) is 9.03. The molecular weight excluding hydrogens is 418 g/mol. The summed E-state index contributed by atoms with van der Waals surface area (Å²) in [7, 11) is 0. The minimum absolute atomic E-state index is 0.0968. The number of carbonyl (C=O) groups excluding carboxylic acids is 2. The smallest absolute Gasteiger partial charge is 0.264 e. The van der Waals surface area contributed by atoms with Crippen LogP contribution in [0.25, 0.3) is 0 Å². The lowest BCUT2D eigenvalue weighted by atomic mass is 10.1. The summed E-state index contributed by atoms with van der Waals surface area (Å²) in [5.74, 6) is 0.238. The molecule has 0 N–H and O–H groups in total. The van der Waals surface area contributed by atoms with E-state index in [1.807, 2.05) is 63.7 Å². The lowest BCUT2D eigenvalue weighted by Crippen LogP contribution is -2.51. The summed E-state index contributed by atoms with van der Waals surface area (Å²) < 4.78 is 0. The molecule has 1 aromatic heterocycles. The summed E-state index contributed by atoms with van der Waals surface area (Å²) in [5.41, 5.74) is 2.37. The predicted octanol–water partition coefficient (Wildman–Crippen LogP) is 3.78. The van der Waals surface area contributed by atoms with Crippen LogP contribution in [0.1, 0.15) is 20.8 Å². The largest absolute Gasteiger partial charge is 0.337 e. The standard InChI is InChI=1S/C26H29N3O2S/c30-25(21-27-15-17-28(18-16-27)26(31)24-12-7-19-32-24)29(20-23-10-5-2-6-11-23)14-13-22-8-3-1-4-9-22/h1-12,19H,13-18,20-21H2. The average molecular weight is 448 g/mol. The van der Waals surface area contributed by atoms with Crippen LogP contribution in [0.4, 0.5) is 0 Å². The van der Waals surface area contributed by atoms with E-state index in [9.17, 15) is 9.59 Å². The first-order valence-corrected chi connectivity index (χ1v) is 12.0. The monoisotopic (exact) mass is 447 g/mol. The number of hydrogen-bond acceptors (Lipinski definition) is 4. The van der Waals surface area contributed by atoms with Crippen LogP contribution in [0.15, 0.2) is 78.2 Å². The highest BCUT2D eigenvalue weighted by molar-refractivity contribution is 7.12. The lowest BCUT2D eigenvalue weighted by molar-refractivity contribution is -0.133. The Bertz CT molecular complexity index is 984. The van der Waals surface area contributed by atoms with Crippen molar-refractivity contribution in [3.05, 3.63) is 94.2 Å². The molecule has 2 aromatic carbocycles. The average Bonchev–Trinajstić information content (AvgIpc) is 3.38. The maximum absolute atomic E-state index is 13.2. The first-order valence-electron chi connectivity index (χ1n) is 11.1. The summed E-state index contributed by atoms with van der Waals surface area (Å²) in [6.07, 6.45) is 0.836. The molecule has 1 fully saturated rings. The van der Waals surface area contributed by atoms with Crippen molar-refractivity contribution in [2.24, 2.45) is 0 Å². The molecule has 0 bridgehead atoms. The van der Waals surface area contributed by atoms with E-state index in [0.717, 1.165) is 30.0 Å². The van der Waals surface area contributed by atoms with Gasteiger partial charge in [0.25, 0.3) is 5.91 Å². The van der Waals surface area contributed by atoms with Gasteiger partial charge in [-0.15, -0.1) is 11.3 Å². The molecule has 1 aliphatic heterocycles. The molecule has 3 aromatic rings. The van der Waals surface area contributed by atoms with Crippen LogP contribution in [0.5, 0.6) is 0 Å². The predicted molar refractivity (Wildman–Crippen MR) is 129 cm³/mol. The van der Waals surface area contributed by atoms with Gasteiger partial charge in [-0.25, -0.2) is 0 Å². The van der Waals surface area contributed by atoms with Gasteiger partial charge < -0.3 is 9.80 Å². The second-order valence-electron chi connectivity index (χ2n) is 8.08. The number of benzene rings is 2. The summed E-state index contributed by atoms with van der Waals surface area (Å²) in [4.78, 5) is 32.6. The Hall–Kier alpha value is -2.96. The van der Waals surface area contributed by atoms with Gasteiger partial charge in [0.2, 0.25) is 5.91 Å². The third-order valence-corrected chi connectivity index (χ3v) is 6.69. The number of piperazine rings is 1. The Balaban J connectivity index is 1.33. The van der Waals surface area contributed by atoms with Gasteiger partial charge in [0.15, 0.2) is 0 Å². The molecule has 0 unspecified atom stereocenters. The van der Waals surface area contributed by atoms with Gasteiger partial charge in [-0.1, -0.05) is 66.7 Å². The zero-order valence-corrected chi connectivity index (χ0v) is 19.0. The summed E-state index contributed by atoms with van der Waals surface area (Å²) in [5, 5.41) is 1.93. The van der Waals surface area contributed by atoms with Crippen molar-refractivity contribution >= 4 is 23.2 Å². The highest BCUT2D eigenvalue weighted by Crippen LogP contribution is 2.14. The SMILES string of the molecule is O=C(CN1CCN(C(=O)c2cccs2)CC1)N(CCc1ccccc1)Cc1ccccc1. The maximum atomic E-state index is 13.2. The van der Waals surface area contributed by atoms with E-state index in [2.05, 4.69) is 29.2 Å². The first-order chi connectivity index (χ1) is 15.7. The number of carbonyl (C=O) groups is 2. The van der Waals surface area contributed by atoms with E-state index in [0.29, 0.717) is 32.7 Å². The molecule has 1 aliphatic rings. The maximum Gasteiger partial charge on any atom is 0.264 e. The van der Waals surface area contributed by atoms with Crippen LogP contribution >= 0.6 is 11.3 Å². The topological polar surface area (TPSA) is 43.9 Å². The fourth-order valence-corrected chi connectivity index (χ4v) is 4.65. The van der Waals surface area contributed by atoms with Gasteiger partial charge in [0.05, 0.1) is 11.4 Å². The van der Waals surface area contributed by atoms with Gasteiger partial charge in [-0.05, 0) is 29.0 Å². The molecule has 0 spiro atoms. The molecule has 0 radical (unpaired) electrons. The normalized spacial score (nSPS) is 14.3. The van der Waals surface area contributed by atoms with E-state index in [1.165, 1.54) is 16.9 Å². The van der Waals surface area contributed by atoms with Crippen LogP contribution in [0.2, 0.25) is 0 Å². The molecular formula is C26H29N3O2S. The molecule has 2 heterocycles. The summed E-state index contributed by atoms with van der Waals surface area (Å²) in [6, 6.07) is 24.2. The van der Waals surface area contributed by atoms with Gasteiger partial charge in [0, 0.05) is 39.3 Å². The highest BCUT2D eigenvalue weighted by Gasteiger charge is 2.25. The number of thiophene rings is 1. The van der Waals surface area contributed by atoms with Crippen molar-refractivity contribution in [2.45, 2.75) is 13.0 Å². The highest BCUT2D eigenvalue weighted by atomic mass is 32.1. The van der Waals surface area contributed by atoms with Crippen LogP contribution in [0.3, 0.4) is 0 Å². The van der Waals surface area contributed by atoms with Gasteiger partial charge in [-0.3, -0.25) is 14.5 Å². The molecule has 166 valence electrons. The van der Waals surface area contributed by atoms with Gasteiger partial charge in [0.1, 0.15) is 0 Å². The minimum atomic E-state index is 0.0968. The van der Waals surface area contributed by atoms with Crippen molar-refractivity contribution in [1.82, 2.24) is 14.7 Å². The number of amides is 2. The van der Waals surface area contributed by atoms with Crippen molar-refractivity contribution in [2.75, 3.05) is 39.3 Å². The lowest BCUT2D eigenvalue weighted by Gasteiger charge is -2.35. The summed E-state index contributed by atoms with van der Waals surface area (Å²) in [6.45, 7) is 4.46. The number of rotatable bonds is 8. The molecule has 4 rings (SSSR count). The van der Waals surface area contributed by atoms with Crippen LogP contribution in [-0.4, -0.2) is 65.8 Å². The zero-order chi connectivity index (χ0) is 22.2. The Morgan fingerprint density at radius 2 is 1.47 bits per heavy atom. The molecule has 1 saturated heterocycles. The third-order valence-electron chi connectivity index (χ3n) is 5.83. The summed E-state index contributed by atoms with van der Waals surface area (Å²) >= 11 is 1.48. The zero-order valence-electron chi connectivity index (χ0n) is 18.2. The fourth-order valence-electron chi connectivity index (χ4n) is 3.96. The number of nitrogens with zero attached hydrogens (tertiary/aromatic N) is 3. The van der Waals surface area contributed by atoms with E-state index in [1.54, 1.807) is 0 Å². The van der Waals surface area contributed by atoms with Gasteiger partial charge >= 0.3 is 0 Å². The molecule has 2 amide bonds. The van der Waals surface area contributed by atoms with Crippen LogP contribution < -0.4 is 0 Å². The van der Waals surface area contributed by atoms with Crippen LogP contribution in [-0.2, 0) is 17.8 Å². The van der Waals surface area contributed by atoms with E-state index >= 15 is 0 Å². The van der Waals surface area contributed by atoms with E-state index in [-0.39, 0.29) is 11.8 Å². The van der Waals surface area contributed by atoms with E-state index in [4.69, 9.17) is 0 Å². The van der Waals surface area contributed by atoms with Gasteiger partial charge in [-0.2, -0.15) is 0 Å². The van der Waals surface area contributed by atoms with Crippen molar-refractivity contribution in [3.63, 3.8) is 0 Å². The Kier molecular flexibility index (Phi) is 7.69. The van der Waals surface area contributed by atoms with Crippen molar-refractivity contribution in [3.8, 4) is 0 Å². The third kappa shape index (κ3) is 6.05. The minimum Gasteiger partial charge on any atom is -0.337 e. The van der Waals surface area contributed by atoms with Crippen molar-refractivity contribution in [1.29, 1.82) is 0 Å². The molecule has 6 heteroatoms. The molecule has 5 nitrogen and oxygen atoms in total. The first kappa shape index (κ1) is 22.2. The molecule has 0 atom stereocenters. The van der Waals surface area contributed by atoms with Crippen molar-refractivity contribution < 1.29 is 9.59 Å². The Morgan fingerprint density at radius 1 is 0.812 bits per heavy atom. The van der Waals surface area contributed by atoms with E-state index < -0.39 is 0 Å². The number of hydrogen-bond donors (Lipinski definition) is 0. The molecule has 32 heavy (non-hydrogen) atoms. The molecule has 0 aliphatic carbocycles.